The van der Waals surface area contributed by atoms with Gasteiger partial charge in [-0.25, -0.2) is 0 Å². The first-order chi connectivity index (χ1) is 11.6. The monoisotopic (exact) mass is 325 g/mol. The first-order valence-electron chi connectivity index (χ1n) is 8.24. The van der Waals surface area contributed by atoms with E-state index >= 15 is 0 Å². The first-order valence-corrected chi connectivity index (χ1v) is 8.24. The second-order valence-electron chi connectivity index (χ2n) is 6.56. The fourth-order valence-electron chi connectivity index (χ4n) is 3.06. The second kappa shape index (κ2) is 5.87. The molecule has 7 nitrogen and oxygen atoms in total. The zero-order valence-corrected chi connectivity index (χ0v) is 13.8. The number of pyridine rings is 1. The fourth-order valence-corrected chi connectivity index (χ4v) is 3.06. The van der Waals surface area contributed by atoms with Gasteiger partial charge in [0.1, 0.15) is 6.07 Å². The van der Waals surface area contributed by atoms with Crippen LogP contribution in [0.25, 0.3) is 0 Å². The van der Waals surface area contributed by atoms with Crippen LogP contribution in [0.15, 0.2) is 16.8 Å². The molecular formula is C17H19N5O2. The lowest BCUT2D eigenvalue weighted by Gasteiger charge is -2.37. The summed E-state index contributed by atoms with van der Waals surface area (Å²) in [5.41, 5.74) is 2.33. The van der Waals surface area contributed by atoms with Gasteiger partial charge in [-0.05, 0) is 32.8 Å². The molecule has 0 aromatic carbocycles. The molecule has 24 heavy (non-hydrogen) atoms. The Hall–Kier alpha value is -2.46. The van der Waals surface area contributed by atoms with E-state index in [1.54, 1.807) is 6.20 Å². The zero-order valence-electron chi connectivity index (χ0n) is 13.8. The van der Waals surface area contributed by atoms with Crippen LogP contribution in [-0.4, -0.2) is 34.3 Å². The Morgan fingerprint density at radius 2 is 2.17 bits per heavy atom. The Bertz CT molecular complexity index is 793. The van der Waals surface area contributed by atoms with Gasteiger partial charge in [0.25, 0.3) is 5.89 Å². The maximum absolute atomic E-state index is 9.37. The molecule has 0 radical (unpaired) electrons. The molecule has 0 amide bonds. The Morgan fingerprint density at radius 1 is 1.33 bits per heavy atom. The molecule has 1 aliphatic carbocycles. The smallest absolute Gasteiger partial charge is 0.257 e. The number of aryl methyl sites for hydroxylation is 1. The van der Waals surface area contributed by atoms with Gasteiger partial charge in [0.2, 0.25) is 0 Å². The third-order valence-corrected chi connectivity index (χ3v) is 4.42. The Kier molecular flexibility index (Phi) is 3.69. The number of ether oxygens (including phenoxy) is 1. The third kappa shape index (κ3) is 2.85. The molecule has 1 saturated carbocycles. The van der Waals surface area contributed by atoms with Crippen LogP contribution in [0.2, 0.25) is 0 Å². The quantitative estimate of drug-likeness (QED) is 0.856. The van der Waals surface area contributed by atoms with Gasteiger partial charge >= 0.3 is 0 Å². The molecule has 0 bridgehead atoms. The summed E-state index contributed by atoms with van der Waals surface area (Å²) in [6.07, 6.45) is 3.61. The molecule has 2 aromatic heterocycles. The molecule has 1 aliphatic heterocycles. The maximum Gasteiger partial charge on any atom is 0.257 e. The van der Waals surface area contributed by atoms with Crippen LogP contribution in [0.5, 0.6) is 0 Å². The van der Waals surface area contributed by atoms with Gasteiger partial charge in [0, 0.05) is 24.4 Å². The topological polar surface area (TPSA) is 88.1 Å². The molecule has 3 heterocycles. The minimum absolute atomic E-state index is 0.0000364. The van der Waals surface area contributed by atoms with Gasteiger partial charge in [0.05, 0.1) is 23.9 Å². The summed E-state index contributed by atoms with van der Waals surface area (Å²) in [6, 6.07) is 4.16. The van der Waals surface area contributed by atoms with E-state index in [0.29, 0.717) is 30.5 Å². The lowest BCUT2D eigenvalue weighted by Crippen LogP contribution is -2.43. The van der Waals surface area contributed by atoms with Crippen molar-refractivity contribution in [3.8, 4) is 6.07 Å². The highest BCUT2D eigenvalue weighted by Gasteiger charge is 2.34. The summed E-state index contributed by atoms with van der Waals surface area (Å²) in [5, 5.41) is 13.4. The van der Waals surface area contributed by atoms with Crippen LogP contribution in [0.1, 0.15) is 54.8 Å². The van der Waals surface area contributed by atoms with Crippen LogP contribution in [-0.2, 0) is 4.74 Å². The largest absolute Gasteiger partial charge is 0.365 e. The van der Waals surface area contributed by atoms with Crippen molar-refractivity contribution in [2.75, 3.05) is 18.0 Å². The summed E-state index contributed by atoms with van der Waals surface area (Å²) in [5.74, 6) is 1.77. The number of morpholine rings is 1. The number of nitrogens with zero attached hydrogens (tertiary/aromatic N) is 5. The van der Waals surface area contributed by atoms with E-state index in [-0.39, 0.29) is 12.2 Å². The second-order valence-corrected chi connectivity index (χ2v) is 6.56. The molecule has 0 N–H and O–H groups in total. The van der Waals surface area contributed by atoms with E-state index in [9.17, 15) is 5.26 Å². The van der Waals surface area contributed by atoms with Crippen LogP contribution in [0, 0.1) is 18.3 Å². The van der Waals surface area contributed by atoms with E-state index in [1.165, 1.54) is 0 Å². The lowest BCUT2D eigenvalue weighted by molar-refractivity contribution is -0.0331. The molecule has 7 heteroatoms. The van der Waals surface area contributed by atoms with E-state index in [4.69, 9.17) is 9.26 Å². The van der Waals surface area contributed by atoms with Gasteiger partial charge in [-0.2, -0.15) is 10.2 Å². The number of rotatable bonds is 3. The standard InChI is InChI=1S/C17H19N5O2/c1-10-5-14(13(6-18)7-19-10)22-8-11(2)23-15(9-22)17-20-16(21-24-17)12-3-4-12/h5,7,11-12,15H,3-4,8-9H2,1-2H3/t11-,15-/m1/s1. The van der Waals surface area contributed by atoms with Crippen molar-refractivity contribution in [2.24, 2.45) is 0 Å². The Labute approximate surface area is 140 Å². The van der Waals surface area contributed by atoms with E-state index in [1.807, 2.05) is 19.9 Å². The van der Waals surface area contributed by atoms with Gasteiger partial charge < -0.3 is 14.2 Å². The van der Waals surface area contributed by atoms with Crippen molar-refractivity contribution in [1.82, 2.24) is 15.1 Å². The highest BCUT2D eigenvalue weighted by Crippen LogP contribution is 2.39. The molecular weight excluding hydrogens is 306 g/mol. The first kappa shape index (κ1) is 15.1. The van der Waals surface area contributed by atoms with Gasteiger partial charge in [-0.1, -0.05) is 5.16 Å². The van der Waals surface area contributed by atoms with Crippen LogP contribution in [0.4, 0.5) is 5.69 Å². The number of hydrogen-bond donors (Lipinski definition) is 0. The van der Waals surface area contributed by atoms with Crippen molar-refractivity contribution < 1.29 is 9.26 Å². The number of aromatic nitrogens is 3. The summed E-state index contributed by atoms with van der Waals surface area (Å²) >= 11 is 0. The van der Waals surface area contributed by atoms with Crippen molar-refractivity contribution in [2.45, 2.75) is 44.8 Å². The Morgan fingerprint density at radius 3 is 2.92 bits per heavy atom. The predicted molar refractivity (Wildman–Crippen MR) is 85.5 cm³/mol. The van der Waals surface area contributed by atoms with Crippen molar-refractivity contribution in [3.63, 3.8) is 0 Å². The minimum Gasteiger partial charge on any atom is -0.365 e. The van der Waals surface area contributed by atoms with Crippen LogP contribution in [0.3, 0.4) is 0 Å². The molecule has 0 unspecified atom stereocenters. The van der Waals surface area contributed by atoms with Crippen molar-refractivity contribution in [3.05, 3.63) is 35.2 Å². The average molecular weight is 325 g/mol. The van der Waals surface area contributed by atoms with Crippen LogP contribution < -0.4 is 4.90 Å². The highest BCUT2D eigenvalue weighted by molar-refractivity contribution is 5.59. The average Bonchev–Trinajstić information content (AvgIpc) is 3.31. The zero-order chi connectivity index (χ0) is 16.7. The highest BCUT2D eigenvalue weighted by atomic mass is 16.5. The number of hydrogen-bond acceptors (Lipinski definition) is 7. The normalized spacial score (nSPS) is 24.0. The molecule has 4 rings (SSSR count). The maximum atomic E-state index is 9.37. The van der Waals surface area contributed by atoms with E-state index in [0.717, 1.165) is 30.0 Å². The number of anilines is 1. The summed E-state index contributed by atoms with van der Waals surface area (Å²) < 4.78 is 11.4. The molecule has 124 valence electrons. The summed E-state index contributed by atoms with van der Waals surface area (Å²) in [6.45, 7) is 5.22. The predicted octanol–water partition coefficient (Wildman–Crippen LogP) is 2.49. The fraction of sp³-hybridized carbons (Fsp3) is 0.529. The van der Waals surface area contributed by atoms with E-state index < -0.39 is 0 Å². The third-order valence-electron chi connectivity index (χ3n) is 4.42. The summed E-state index contributed by atoms with van der Waals surface area (Å²) in [7, 11) is 0. The minimum atomic E-state index is -0.284. The molecule has 1 saturated heterocycles. The van der Waals surface area contributed by atoms with E-state index in [2.05, 4.69) is 26.1 Å². The van der Waals surface area contributed by atoms with Gasteiger partial charge in [-0.15, -0.1) is 0 Å². The van der Waals surface area contributed by atoms with Crippen molar-refractivity contribution in [1.29, 1.82) is 5.26 Å². The van der Waals surface area contributed by atoms with Gasteiger partial charge in [0.15, 0.2) is 11.9 Å². The van der Waals surface area contributed by atoms with Crippen molar-refractivity contribution >= 4 is 5.69 Å². The molecule has 0 spiro atoms. The summed E-state index contributed by atoms with van der Waals surface area (Å²) in [4.78, 5) is 10.9. The molecule has 2 aromatic rings. The molecule has 2 aliphatic rings. The van der Waals surface area contributed by atoms with Crippen LogP contribution >= 0.6 is 0 Å². The lowest BCUT2D eigenvalue weighted by atomic mass is 10.1. The molecule has 2 fully saturated rings. The molecule has 2 atom stereocenters. The Balaban J connectivity index is 1.60. The number of nitriles is 1. The van der Waals surface area contributed by atoms with Gasteiger partial charge in [-0.3, -0.25) is 4.98 Å². The SMILES string of the molecule is Cc1cc(N2C[C@@H](C)O[C@@H](c3nc(C4CC4)no3)C2)c(C#N)cn1.